The van der Waals surface area contributed by atoms with E-state index in [9.17, 15) is 4.79 Å². The van der Waals surface area contributed by atoms with Crippen LogP contribution in [0.1, 0.15) is 24.5 Å². The van der Waals surface area contributed by atoms with E-state index in [0.29, 0.717) is 19.4 Å². The Morgan fingerprint density at radius 1 is 1.13 bits per heavy atom. The molecule has 23 heavy (non-hydrogen) atoms. The van der Waals surface area contributed by atoms with E-state index in [2.05, 4.69) is 48.4 Å². The fourth-order valence-electron chi connectivity index (χ4n) is 3.07. The van der Waals surface area contributed by atoms with Crippen LogP contribution in [-0.4, -0.2) is 17.6 Å². The first-order chi connectivity index (χ1) is 11.2. The van der Waals surface area contributed by atoms with E-state index < -0.39 is 0 Å². The Morgan fingerprint density at radius 2 is 1.96 bits per heavy atom. The highest BCUT2D eigenvalue weighted by atomic mass is 16.5. The van der Waals surface area contributed by atoms with Crippen molar-refractivity contribution in [2.75, 3.05) is 6.61 Å². The quantitative estimate of drug-likeness (QED) is 0.698. The van der Waals surface area contributed by atoms with Gasteiger partial charge in [-0.2, -0.15) is 0 Å². The lowest BCUT2D eigenvalue weighted by molar-refractivity contribution is -0.143. The van der Waals surface area contributed by atoms with Gasteiger partial charge in [-0.15, -0.1) is 0 Å². The van der Waals surface area contributed by atoms with Gasteiger partial charge in [0.1, 0.15) is 0 Å². The molecule has 0 aliphatic carbocycles. The Kier molecular flexibility index (Phi) is 4.47. The first-order valence-corrected chi connectivity index (χ1v) is 8.01. The molecule has 0 amide bonds. The molecule has 3 aromatic rings. The van der Waals surface area contributed by atoms with Gasteiger partial charge in [-0.05, 0) is 43.0 Å². The minimum Gasteiger partial charge on any atom is -0.466 e. The van der Waals surface area contributed by atoms with Crippen molar-refractivity contribution in [3.05, 3.63) is 59.8 Å². The van der Waals surface area contributed by atoms with Gasteiger partial charge >= 0.3 is 5.97 Å². The third kappa shape index (κ3) is 3.14. The number of H-pyrrole nitrogens is 1. The summed E-state index contributed by atoms with van der Waals surface area (Å²) >= 11 is 0. The zero-order chi connectivity index (χ0) is 16.2. The summed E-state index contributed by atoms with van der Waals surface area (Å²) in [6, 6.07) is 14.6. The molecule has 1 heterocycles. The number of hydrogen-bond acceptors (Lipinski definition) is 2. The molecular formula is C20H21NO2. The van der Waals surface area contributed by atoms with Gasteiger partial charge in [0.05, 0.1) is 6.61 Å². The van der Waals surface area contributed by atoms with Gasteiger partial charge in [-0.25, -0.2) is 0 Å². The third-order valence-corrected chi connectivity index (χ3v) is 4.12. The first kappa shape index (κ1) is 15.3. The molecule has 118 valence electrons. The molecule has 0 radical (unpaired) electrons. The summed E-state index contributed by atoms with van der Waals surface area (Å²) in [5.41, 5.74) is 5.94. The standard InChI is InChI=1S/C20H21NO2/c1-3-23-19(22)12-11-15-8-6-7-14(2)20(15)17-13-21-18-10-5-4-9-16(17)18/h4-10,13,21H,3,11-12H2,1-2H3. The summed E-state index contributed by atoms with van der Waals surface area (Å²) in [6.45, 7) is 4.38. The minimum atomic E-state index is -0.140. The van der Waals surface area contributed by atoms with Crippen LogP contribution in [0.15, 0.2) is 48.7 Å². The Bertz CT molecular complexity index is 833. The number of aromatic nitrogens is 1. The van der Waals surface area contributed by atoms with Crippen LogP contribution in [-0.2, 0) is 16.0 Å². The van der Waals surface area contributed by atoms with E-state index in [4.69, 9.17) is 4.74 Å². The zero-order valence-corrected chi connectivity index (χ0v) is 13.6. The summed E-state index contributed by atoms with van der Waals surface area (Å²) in [5.74, 6) is -0.140. The highest BCUT2D eigenvalue weighted by Gasteiger charge is 2.13. The number of carbonyl (C=O) groups is 1. The number of benzene rings is 2. The van der Waals surface area contributed by atoms with E-state index in [-0.39, 0.29) is 5.97 Å². The van der Waals surface area contributed by atoms with Crippen molar-refractivity contribution in [3.8, 4) is 11.1 Å². The van der Waals surface area contributed by atoms with E-state index >= 15 is 0 Å². The van der Waals surface area contributed by atoms with Crippen molar-refractivity contribution in [2.24, 2.45) is 0 Å². The molecule has 0 fully saturated rings. The zero-order valence-electron chi connectivity index (χ0n) is 13.6. The summed E-state index contributed by atoms with van der Waals surface area (Å²) in [6.07, 6.45) is 3.16. The number of nitrogens with one attached hydrogen (secondary N) is 1. The number of aromatic amines is 1. The summed E-state index contributed by atoms with van der Waals surface area (Å²) in [7, 11) is 0. The number of para-hydroxylation sites is 1. The van der Waals surface area contributed by atoms with Gasteiger partial charge in [0.15, 0.2) is 0 Å². The predicted octanol–water partition coefficient (Wildman–Crippen LogP) is 4.64. The van der Waals surface area contributed by atoms with Crippen molar-refractivity contribution in [3.63, 3.8) is 0 Å². The third-order valence-electron chi connectivity index (χ3n) is 4.12. The summed E-state index contributed by atoms with van der Waals surface area (Å²) in [4.78, 5) is 15.0. The second kappa shape index (κ2) is 6.69. The SMILES string of the molecule is CCOC(=O)CCc1cccc(C)c1-c1c[nH]c2ccccc12. The van der Waals surface area contributed by atoms with E-state index in [0.717, 1.165) is 5.52 Å². The van der Waals surface area contributed by atoms with Gasteiger partial charge in [0.2, 0.25) is 0 Å². The Morgan fingerprint density at radius 3 is 2.78 bits per heavy atom. The highest BCUT2D eigenvalue weighted by Crippen LogP contribution is 2.34. The summed E-state index contributed by atoms with van der Waals surface area (Å²) in [5, 5.41) is 1.21. The smallest absolute Gasteiger partial charge is 0.306 e. The topological polar surface area (TPSA) is 42.1 Å². The van der Waals surface area contributed by atoms with Crippen LogP contribution < -0.4 is 0 Å². The fraction of sp³-hybridized carbons (Fsp3) is 0.250. The minimum absolute atomic E-state index is 0.140. The number of rotatable bonds is 5. The first-order valence-electron chi connectivity index (χ1n) is 8.01. The fourth-order valence-corrected chi connectivity index (χ4v) is 3.07. The maximum absolute atomic E-state index is 11.7. The van der Waals surface area contributed by atoms with Crippen molar-refractivity contribution < 1.29 is 9.53 Å². The second-order valence-corrected chi connectivity index (χ2v) is 5.66. The molecule has 3 rings (SSSR count). The molecule has 1 N–H and O–H groups in total. The van der Waals surface area contributed by atoms with Crippen LogP contribution in [0.5, 0.6) is 0 Å². The van der Waals surface area contributed by atoms with Crippen molar-refractivity contribution in [1.29, 1.82) is 0 Å². The van der Waals surface area contributed by atoms with Gasteiger partial charge in [0.25, 0.3) is 0 Å². The van der Waals surface area contributed by atoms with Crippen molar-refractivity contribution in [1.82, 2.24) is 4.98 Å². The second-order valence-electron chi connectivity index (χ2n) is 5.66. The molecule has 0 saturated heterocycles. The average Bonchev–Trinajstić information content (AvgIpc) is 2.97. The van der Waals surface area contributed by atoms with Gasteiger partial charge in [-0.3, -0.25) is 4.79 Å². The molecule has 1 aromatic heterocycles. The average molecular weight is 307 g/mol. The lowest BCUT2D eigenvalue weighted by atomic mass is 9.92. The molecule has 3 heteroatoms. The molecule has 0 aliphatic rings. The molecule has 0 aliphatic heterocycles. The van der Waals surface area contributed by atoms with E-state index in [1.807, 2.05) is 19.1 Å². The van der Waals surface area contributed by atoms with Crippen molar-refractivity contribution >= 4 is 16.9 Å². The van der Waals surface area contributed by atoms with Gasteiger partial charge in [0, 0.05) is 29.1 Å². The lowest BCUT2D eigenvalue weighted by Gasteiger charge is -2.12. The molecule has 0 saturated carbocycles. The van der Waals surface area contributed by atoms with Crippen LogP contribution in [0.2, 0.25) is 0 Å². The number of fused-ring (bicyclic) bond motifs is 1. The van der Waals surface area contributed by atoms with Crippen LogP contribution in [0.3, 0.4) is 0 Å². The predicted molar refractivity (Wildman–Crippen MR) is 93.4 cm³/mol. The number of carbonyl (C=O) groups excluding carboxylic acids is 1. The van der Waals surface area contributed by atoms with Gasteiger partial charge < -0.3 is 9.72 Å². The van der Waals surface area contributed by atoms with E-state index in [1.54, 1.807) is 0 Å². The van der Waals surface area contributed by atoms with Crippen LogP contribution in [0, 0.1) is 6.92 Å². The summed E-state index contributed by atoms with van der Waals surface area (Å²) < 4.78 is 5.05. The molecule has 0 atom stereocenters. The number of aryl methyl sites for hydroxylation is 2. The van der Waals surface area contributed by atoms with E-state index in [1.165, 1.54) is 27.6 Å². The lowest BCUT2D eigenvalue weighted by Crippen LogP contribution is -2.06. The molecule has 3 nitrogen and oxygen atoms in total. The normalized spacial score (nSPS) is 10.9. The maximum Gasteiger partial charge on any atom is 0.306 e. The Balaban J connectivity index is 2.00. The molecule has 0 unspecified atom stereocenters. The van der Waals surface area contributed by atoms with Gasteiger partial charge in [-0.1, -0.05) is 36.4 Å². The molecule has 0 bridgehead atoms. The molecule has 2 aromatic carbocycles. The maximum atomic E-state index is 11.7. The van der Waals surface area contributed by atoms with Crippen LogP contribution in [0.25, 0.3) is 22.0 Å². The largest absolute Gasteiger partial charge is 0.466 e. The van der Waals surface area contributed by atoms with Crippen LogP contribution in [0.4, 0.5) is 0 Å². The highest BCUT2D eigenvalue weighted by molar-refractivity contribution is 5.97. The van der Waals surface area contributed by atoms with Crippen LogP contribution >= 0.6 is 0 Å². The Labute approximate surface area is 136 Å². The molecular weight excluding hydrogens is 286 g/mol. The Hall–Kier alpha value is -2.55. The van der Waals surface area contributed by atoms with Crippen molar-refractivity contribution in [2.45, 2.75) is 26.7 Å². The molecule has 0 spiro atoms. The number of esters is 1. The number of ether oxygens (including phenoxy) is 1. The number of hydrogen-bond donors (Lipinski definition) is 1. The monoisotopic (exact) mass is 307 g/mol.